The Balaban J connectivity index is 1.71. The fourth-order valence-electron chi connectivity index (χ4n) is 2.92. The third-order valence-electron chi connectivity index (χ3n) is 4.49. The van der Waals surface area contributed by atoms with Crippen LogP contribution in [0.3, 0.4) is 0 Å². The van der Waals surface area contributed by atoms with Crippen LogP contribution in [0.2, 0.25) is 5.02 Å². The zero-order valence-electron chi connectivity index (χ0n) is 13.1. The van der Waals surface area contributed by atoms with Crippen LogP contribution < -0.4 is 5.32 Å². The number of hydrogen-bond donors (Lipinski definition) is 2. The Bertz CT molecular complexity index is 628. The summed E-state index contributed by atoms with van der Waals surface area (Å²) in [7, 11) is 0. The molecule has 1 aromatic carbocycles. The maximum absolute atomic E-state index is 12.7. The molecule has 23 heavy (non-hydrogen) atoms. The maximum atomic E-state index is 12.7. The van der Waals surface area contributed by atoms with Crippen LogP contribution in [0, 0.1) is 5.92 Å². The zero-order chi connectivity index (χ0) is 16.6. The number of halogens is 1. The van der Waals surface area contributed by atoms with Crippen molar-refractivity contribution < 1.29 is 14.7 Å². The molecule has 0 bridgehead atoms. The predicted molar refractivity (Wildman–Crippen MR) is 86.9 cm³/mol. The third-order valence-corrected chi connectivity index (χ3v) is 4.72. The Morgan fingerprint density at radius 1 is 1.35 bits per heavy atom. The predicted octanol–water partition coefficient (Wildman–Crippen LogP) is 1.50. The smallest absolute Gasteiger partial charge is 0.248 e. The first-order valence-electron chi connectivity index (χ1n) is 8.00. The summed E-state index contributed by atoms with van der Waals surface area (Å²) in [6.07, 6.45) is 1.55. The van der Waals surface area contributed by atoms with Gasteiger partial charge >= 0.3 is 0 Å². The second kappa shape index (κ2) is 6.49. The second-order valence-corrected chi connectivity index (χ2v) is 6.86. The zero-order valence-corrected chi connectivity index (χ0v) is 13.8. The summed E-state index contributed by atoms with van der Waals surface area (Å²) in [5.41, 5.74) is 2.21. The van der Waals surface area contributed by atoms with Crippen LogP contribution in [0.5, 0.6) is 0 Å². The van der Waals surface area contributed by atoms with Crippen molar-refractivity contribution in [3.8, 4) is 0 Å². The average Bonchev–Trinajstić information content (AvgIpc) is 3.35. The van der Waals surface area contributed by atoms with Gasteiger partial charge in [-0.25, -0.2) is 0 Å². The number of nitrogens with zero attached hydrogens (tertiary/aromatic N) is 1. The molecule has 1 heterocycles. The molecule has 0 radical (unpaired) electrons. The molecule has 1 saturated carbocycles. The van der Waals surface area contributed by atoms with E-state index < -0.39 is 12.1 Å². The summed E-state index contributed by atoms with van der Waals surface area (Å²) >= 11 is 6.03. The van der Waals surface area contributed by atoms with E-state index >= 15 is 0 Å². The lowest BCUT2D eigenvalue weighted by atomic mass is 9.98. The summed E-state index contributed by atoms with van der Waals surface area (Å²) < 4.78 is 0. The highest BCUT2D eigenvalue weighted by molar-refractivity contribution is 6.30. The van der Waals surface area contributed by atoms with Crippen LogP contribution in [0.25, 0.3) is 0 Å². The first kappa shape index (κ1) is 16.3. The Morgan fingerprint density at radius 2 is 2.09 bits per heavy atom. The summed E-state index contributed by atoms with van der Waals surface area (Å²) in [6, 6.07) is 4.83. The highest BCUT2D eigenvalue weighted by atomic mass is 35.5. The van der Waals surface area contributed by atoms with E-state index in [1.807, 2.05) is 18.2 Å². The number of nitrogens with one attached hydrogen (secondary N) is 1. The quantitative estimate of drug-likeness (QED) is 0.875. The molecule has 2 amide bonds. The number of hydrogen-bond acceptors (Lipinski definition) is 3. The van der Waals surface area contributed by atoms with Crippen LogP contribution in [0.1, 0.15) is 30.9 Å². The number of rotatable bonds is 4. The van der Waals surface area contributed by atoms with E-state index in [9.17, 15) is 14.7 Å². The first-order valence-corrected chi connectivity index (χ1v) is 8.38. The summed E-state index contributed by atoms with van der Waals surface area (Å²) in [4.78, 5) is 26.4. The minimum Gasteiger partial charge on any atom is -0.391 e. The number of carbonyl (C=O) groups excluding carboxylic acids is 2. The van der Waals surface area contributed by atoms with Crippen LogP contribution >= 0.6 is 11.6 Å². The molecule has 2 atom stereocenters. The summed E-state index contributed by atoms with van der Waals surface area (Å²) in [5, 5.41) is 13.3. The topological polar surface area (TPSA) is 69.6 Å². The largest absolute Gasteiger partial charge is 0.391 e. The lowest BCUT2D eigenvalue weighted by Gasteiger charge is -2.33. The molecular formula is C17H21ClN2O3. The van der Waals surface area contributed by atoms with Crippen molar-refractivity contribution >= 4 is 23.4 Å². The van der Waals surface area contributed by atoms with Crippen molar-refractivity contribution in [1.82, 2.24) is 10.2 Å². The number of benzene rings is 1. The molecule has 1 aliphatic carbocycles. The minimum atomic E-state index is -0.925. The number of amides is 2. The van der Waals surface area contributed by atoms with Gasteiger partial charge in [0.25, 0.3) is 0 Å². The molecule has 124 valence electrons. The molecule has 6 heteroatoms. The van der Waals surface area contributed by atoms with Crippen molar-refractivity contribution in [2.45, 2.75) is 44.9 Å². The Kier molecular flexibility index (Phi) is 4.60. The Morgan fingerprint density at radius 3 is 2.74 bits per heavy atom. The van der Waals surface area contributed by atoms with Gasteiger partial charge in [-0.05, 0) is 49.4 Å². The number of carbonyl (C=O) groups is 2. The minimum absolute atomic E-state index is 0.00457. The number of fused-ring (bicyclic) bond motifs is 1. The van der Waals surface area contributed by atoms with Crippen molar-refractivity contribution in [3.63, 3.8) is 0 Å². The van der Waals surface area contributed by atoms with E-state index in [0.717, 1.165) is 24.8 Å². The lowest BCUT2D eigenvalue weighted by Crippen LogP contribution is -2.54. The van der Waals surface area contributed by atoms with E-state index in [-0.39, 0.29) is 17.7 Å². The molecule has 0 saturated heterocycles. The normalized spacial score (nSPS) is 19.7. The van der Waals surface area contributed by atoms with Crippen LogP contribution in [-0.4, -0.2) is 40.5 Å². The van der Waals surface area contributed by atoms with E-state index in [4.69, 9.17) is 11.6 Å². The van der Waals surface area contributed by atoms with Gasteiger partial charge in [-0.3, -0.25) is 9.59 Å². The van der Waals surface area contributed by atoms with E-state index in [1.54, 1.807) is 4.90 Å². The fraction of sp³-hybridized carbons (Fsp3) is 0.529. The molecular weight excluding hydrogens is 316 g/mol. The Labute approximate surface area is 140 Å². The number of aliphatic hydroxyl groups is 1. The summed E-state index contributed by atoms with van der Waals surface area (Å²) in [6.45, 7) is 2.57. The fourth-order valence-corrected chi connectivity index (χ4v) is 3.11. The van der Waals surface area contributed by atoms with Gasteiger partial charge in [-0.1, -0.05) is 17.7 Å². The Hall–Kier alpha value is -1.59. The second-order valence-electron chi connectivity index (χ2n) is 6.42. The van der Waals surface area contributed by atoms with Gasteiger partial charge < -0.3 is 15.3 Å². The average molecular weight is 337 g/mol. The van der Waals surface area contributed by atoms with Crippen molar-refractivity contribution in [3.05, 3.63) is 34.3 Å². The van der Waals surface area contributed by atoms with Crippen LogP contribution in [0.4, 0.5) is 0 Å². The molecule has 0 aromatic heterocycles. The molecule has 2 aliphatic rings. The van der Waals surface area contributed by atoms with E-state index in [2.05, 4.69) is 5.32 Å². The van der Waals surface area contributed by atoms with Gasteiger partial charge in [0.2, 0.25) is 11.8 Å². The van der Waals surface area contributed by atoms with Crippen LogP contribution in [0.15, 0.2) is 18.2 Å². The van der Waals surface area contributed by atoms with Gasteiger partial charge in [0.15, 0.2) is 0 Å². The van der Waals surface area contributed by atoms with Gasteiger partial charge in [0.1, 0.15) is 6.04 Å². The van der Waals surface area contributed by atoms with Crippen molar-refractivity contribution in [2.24, 2.45) is 5.92 Å². The van der Waals surface area contributed by atoms with Crippen molar-refractivity contribution in [2.75, 3.05) is 6.54 Å². The number of aliphatic hydroxyl groups excluding tert-OH is 1. The van der Waals surface area contributed by atoms with Crippen LogP contribution in [-0.2, 0) is 22.6 Å². The molecule has 2 unspecified atom stereocenters. The van der Waals surface area contributed by atoms with Crippen molar-refractivity contribution in [1.29, 1.82) is 0 Å². The summed E-state index contributed by atoms with van der Waals surface area (Å²) in [5.74, 6) is -0.366. The molecule has 1 aliphatic heterocycles. The molecule has 1 fully saturated rings. The molecule has 5 nitrogen and oxygen atoms in total. The van der Waals surface area contributed by atoms with Gasteiger partial charge in [0.05, 0.1) is 6.10 Å². The lowest BCUT2D eigenvalue weighted by molar-refractivity contribution is -0.140. The SMILES string of the molecule is CC(O)C(NC(=O)C1CC1)C(=O)N1CCc2ccc(Cl)cc2C1. The van der Waals surface area contributed by atoms with Gasteiger partial charge in [-0.2, -0.15) is 0 Å². The molecule has 1 aromatic rings. The third kappa shape index (κ3) is 3.67. The molecule has 2 N–H and O–H groups in total. The monoisotopic (exact) mass is 336 g/mol. The van der Waals surface area contributed by atoms with E-state index in [1.165, 1.54) is 12.5 Å². The highest BCUT2D eigenvalue weighted by Crippen LogP contribution is 2.29. The standard InChI is InChI=1S/C17H21ClN2O3/c1-10(21)15(19-16(22)12-2-3-12)17(23)20-7-6-11-4-5-14(18)8-13(11)9-20/h4-5,8,10,12,15,21H,2-3,6-7,9H2,1H3,(H,19,22). The molecule has 0 spiro atoms. The van der Waals surface area contributed by atoms with Gasteiger partial charge in [-0.15, -0.1) is 0 Å². The maximum Gasteiger partial charge on any atom is 0.248 e. The van der Waals surface area contributed by atoms with E-state index in [0.29, 0.717) is 18.1 Å². The highest BCUT2D eigenvalue weighted by Gasteiger charge is 2.36. The van der Waals surface area contributed by atoms with Gasteiger partial charge in [0, 0.05) is 24.0 Å². The molecule has 3 rings (SSSR count). The first-order chi connectivity index (χ1) is 11.0.